The summed E-state index contributed by atoms with van der Waals surface area (Å²) < 4.78 is 13.7. The Bertz CT molecular complexity index is 768. The van der Waals surface area contributed by atoms with Crippen LogP contribution in [-0.2, 0) is 6.54 Å². The summed E-state index contributed by atoms with van der Waals surface area (Å²) >= 11 is 0. The number of benzene rings is 2. The quantitative estimate of drug-likeness (QED) is 0.758. The first-order valence-electron chi connectivity index (χ1n) is 6.98. The van der Waals surface area contributed by atoms with E-state index in [0.29, 0.717) is 17.7 Å². The van der Waals surface area contributed by atoms with Crippen LogP contribution in [0.15, 0.2) is 48.7 Å². The molecule has 0 radical (unpaired) electrons. The van der Waals surface area contributed by atoms with Gasteiger partial charge in [-0.2, -0.15) is 0 Å². The van der Waals surface area contributed by atoms with Gasteiger partial charge in [0.2, 0.25) is 0 Å². The van der Waals surface area contributed by atoms with E-state index in [-0.39, 0.29) is 5.82 Å². The molecule has 0 aliphatic heterocycles. The zero-order valence-corrected chi connectivity index (χ0v) is 12.2. The van der Waals surface area contributed by atoms with Gasteiger partial charge >= 0.3 is 0 Å². The van der Waals surface area contributed by atoms with E-state index in [0.717, 1.165) is 22.2 Å². The molecule has 1 heterocycles. The van der Waals surface area contributed by atoms with E-state index in [2.05, 4.69) is 10.3 Å². The topological polar surface area (TPSA) is 24.9 Å². The average Bonchev–Trinajstić information content (AvgIpc) is 2.50. The van der Waals surface area contributed by atoms with Crippen molar-refractivity contribution in [3.05, 3.63) is 71.2 Å². The fourth-order valence-corrected chi connectivity index (χ4v) is 2.58. The second-order valence-corrected chi connectivity index (χ2v) is 5.27. The van der Waals surface area contributed by atoms with Crippen molar-refractivity contribution in [3.8, 4) is 0 Å². The monoisotopic (exact) mass is 280 g/mol. The van der Waals surface area contributed by atoms with Gasteiger partial charge in [-0.15, -0.1) is 0 Å². The maximum absolute atomic E-state index is 13.7. The van der Waals surface area contributed by atoms with Crippen molar-refractivity contribution < 1.29 is 4.39 Å². The molecule has 106 valence electrons. The van der Waals surface area contributed by atoms with E-state index in [9.17, 15) is 4.39 Å². The number of hydrogen-bond acceptors (Lipinski definition) is 2. The zero-order chi connectivity index (χ0) is 14.8. The van der Waals surface area contributed by atoms with Crippen molar-refractivity contribution in [2.24, 2.45) is 0 Å². The molecule has 0 saturated heterocycles. The Morgan fingerprint density at radius 2 is 1.76 bits per heavy atom. The minimum Gasteiger partial charge on any atom is -0.380 e. The molecule has 3 aromatic rings. The number of hydrogen-bond donors (Lipinski definition) is 1. The molecule has 21 heavy (non-hydrogen) atoms. The van der Waals surface area contributed by atoms with E-state index in [1.807, 2.05) is 42.5 Å². The van der Waals surface area contributed by atoms with Crippen LogP contribution in [0, 0.1) is 19.7 Å². The van der Waals surface area contributed by atoms with E-state index in [1.54, 1.807) is 20.0 Å². The first-order chi connectivity index (χ1) is 10.1. The number of pyridine rings is 1. The van der Waals surface area contributed by atoms with E-state index in [4.69, 9.17) is 0 Å². The highest BCUT2D eigenvalue weighted by molar-refractivity contribution is 5.90. The number of para-hydroxylation sites is 1. The maximum atomic E-state index is 13.7. The molecule has 0 amide bonds. The number of aromatic nitrogens is 1. The van der Waals surface area contributed by atoms with Crippen molar-refractivity contribution in [1.82, 2.24) is 4.98 Å². The Labute approximate surface area is 123 Å². The van der Waals surface area contributed by atoms with Gasteiger partial charge < -0.3 is 5.32 Å². The third-order valence-corrected chi connectivity index (χ3v) is 3.63. The molecule has 3 heteroatoms. The molecular weight excluding hydrogens is 263 g/mol. The molecule has 2 nitrogen and oxygen atoms in total. The summed E-state index contributed by atoms with van der Waals surface area (Å²) in [6.07, 6.45) is 1.80. The Kier molecular flexibility index (Phi) is 3.57. The van der Waals surface area contributed by atoms with Crippen molar-refractivity contribution in [3.63, 3.8) is 0 Å². The fraction of sp³-hybridized carbons (Fsp3) is 0.167. The Morgan fingerprint density at radius 3 is 2.52 bits per heavy atom. The van der Waals surface area contributed by atoms with Gasteiger partial charge in [0.25, 0.3) is 0 Å². The molecule has 0 aliphatic carbocycles. The van der Waals surface area contributed by atoms with Crippen LogP contribution in [0.1, 0.15) is 16.7 Å². The molecule has 0 spiro atoms. The van der Waals surface area contributed by atoms with Crippen LogP contribution < -0.4 is 5.32 Å². The molecule has 0 aliphatic rings. The van der Waals surface area contributed by atoms with Gasteiger partial charge in [-0.05, 0) is 42.7 Å². The normalized spacial score (nSPS) is 10.8. The number of fused-ring (bicyclic) bond motifs is 1. The predicted molar refractivity (Wildman–Crippen MR) is 84.9 cm³/mol. The first kappa shape index (κ1) is 13.6. The van der Waals surface area contributed by atoms with Crippen LogP contribution in [0.4, 0.5) is 10.1 Å². The smallest absolute Gasteiger partial charge is 0.129 e. The molecule has 0 atom stereocenters. The number of rotatable bonds is 3. The lowest BCUT2D eigenvalue weighted by atomic mass is 10.1. The predicted octanol–water partition coefficient (Wildman–Crippen LogP) is 4.60. The summed E-state index contributed by atoms with van der Waals surface area (Å²) in [5.41, 5.74) is 4.46. The fourth-order valence-electron chi connectivity index (χ4n) is 2.58. The van der Waals surface area contributed by atoms with Crippen LogP contribution in [0.2, 0.25) is 0 Å². The summed E-state index contributed by atoms with van der Waals surface area (Å²) in [5.74, 6) is -0.117. The molecule has 0 fully saturated rings. The van der Waals surface area contributed by atoms with Crippen LogP contribution in [0.25, 0.3) is 10.9 Å². The third kappa shape index (κ3) is 2.72. The highest BCUT2D eigenvalue weighted by Crippen LogP contribution is 2.22. The van der Waals surface area contributed by atoms with Gasteiger partial charge in [0.1, 0.15) is 5.82 Å². The molecule has 0 saturated carbocycles. The lowest BCUT2D eigenvalue weighted by Crippen LogP contribution is -2.02. The van der Waals surface area contributed by atoms with Crippen LogP contribution >= 0.6 is 0 Å². The highest BCUT2D eigenvalue weighted by atomic mass is 19.1. The minimum absolute atomic E-state index is 0.117. The summed E-state index contributed by atoms with van der Waals surface area (Å²) in [4.78, 5) is 4.35. The highest BCUT2D eigenvalue weighted by Gasteiger charge is 2.05. The Balaban J connectivity index is 1.87. The van der Waals surface area contributed by atoms with Crippen molar-refractivity contribution >= 4 is 16.6 Å². The number of aryl methyl sites for hydroxylation is 2. The maximum Gasteiger partial charge on any atom is 0.129 e. The average molecular weight is 280 g/mol. The summed E-state index contributed by atoms with van der Waals surface area (Å²) in [5, 5.41) is 4.51. The Morgan fingerprint density at radius 1 is 1.05 bits per heavy atom. The summed E-state index contributed by atoms with van der Waals surface area (Å²) in [7, 11) is 0. The van der Waals surface area contributed by atoms with Gasteiger partial charge in [-0.25, -0.2) is 4.39 Å². The second kappa shape index (κ2) is 5.52. The van der Waals surface area contributed by atoms with Gasteiger partial charge in [-0.3, -0.25) is 4.98 Å². The van der Waals surface area contributed by atoms with Gasteiger partial charge in [0.15, 0.2) is 0 Å². The van der Waals surface area contributed by atoms with Crippen LogP contribution in [0.3, 0.4) is 0 Å². The molecule has 1 N–H and O–H groups in total. The van der Waals surface area contributed by atoms with Gasteiger partial charge in [0.05, 0.1) is 5.52 Å². The van der Waals surface area contributed by atoms with E-state index >= 15 is 0 Å². The van der Waals surface area contributed by atoms with Crippen LogP contribution in [-0.4, -0.2) is 4.98 Å². The van der Waals surface area contributed by atoms with Crippen LogP contribution in [0.5, 0.6) is 0 Å². The zero-order valence-electron chi connectivity index (χ0n) is 12.2. The number of halogens is 1. The SMILES string of the molecule is Cc1cc(CNc2ccnc3ccccc23)cc(C)c1F. The molecule has 2 aromatic carbocycles. The van der Waals surface area contributed by atoms with Crippen molar-refractivity contribution in [2.75, 3.05) is 5.32 Å². The summed E-state index contributed by atoms with van der Waals surface area (Å²) in [6, 6.07) is 13.8. The molecule has 0 bridgehead atoms. The molecule has 3 rings (SSSR count). The molecule has 0 unspecified atom stereocenters. The van der Waals surface area contributed by atoms with Gasteiger partial charge in [-0.1, -0.05) is 30.3 Å². The number of nitrogens with one attached hydrogen (secondary N) is 1. The van der Waals surface area contributed by atoms with Gasteiger partial charge in [0, 0.05) is 23.8 Å². The third-order valence-electron chi connectivity index (χ3n) is 3.63. The summed E-state index contributed by atoms with van der Waals surface area (Å²) in [6.45, 7) is 4.26. The lowest BCUT2D eigenvalue weighted by Gasteiger charge is -2.11. The van der Waals surface area contributed by atoms with E-state index < -0.39 is 0 Å². The second-order valence-electron chi connectivity index (χ2n) is 5.27. The van der Waals surface area contributed by atoms with Crippen molar-refractivity contribution in [1.29, 1.82) is 0 Å². The number of anilines is 1. The van der Waals surface area contributed by atoms with E-state index in [1.165, 1.54) is 0 Å². The molecular formula is C18H17FN2. The van der Waals surface area contributed by atoms with Crippen molar-refractivity contribution in [2.45, 2.75) is 20.4 Å². The number of nitrogens with zero attached hydrogens (tertiary/aromatic N) is 1. The Hall–Kier alpha value is -2.42. The largest absolute Gasteiger partial charge is 0.380 e. The molecule has 1 aromatic heterocycles. The standard InChI is InChI=1S/C18H17FN2/c1-12-9-14(10-13(2)18(12)19)11-21-17-7-8-20-16-6-4-3-5-15(16)17/h3-10H,11H2,1-2H3,(H,20,21). The minimum atomic E-state index is -0.117. The first-order valence-corrected chi connectivity index (χ1v) is 6.98. The lowest BCUT2D eigenvalue weighted by molar-refractivity contribution is 0.608.